The lowest BCUT2D eigenvalue weighted by Gasteiger charge is -2.26. The summed E-state index contributed by atoms with van der Waals surface area (Å²) in [6.45, 7) is 1.50. The molecule has 1 aromatic carbocycles. The van der Waals surface area contributed by atoms with Gasteiger partial charge < -0.3 is 10.1 Å². The van der Waals surface area contributed by atoms with Crippen LogP contribution in [-0.4, -0.2) is 20.2 Å². The van der Waals surface area contributed by atoms with E-state index in [0.717, 1.165) is 29.7 Å². The third-order valence-corrected chi connectivity index (χ3v) is 2.74. The van der Waals surface area contributed by atoms with Gasteiger partial charge in [0.1, 0.15) is 0 Å². The summed E-state index contributed by atoms with van der Waals surface area (Å²) in [5.41, 5.74) is 3.11. The summed E-state index contributed by atoms with van der Waals surface area (Å²) in [5.74, 6) is 0. The van der Waals surface area contributed by atoms with E-state index in [1.54, 1.807) is 0 Å². The highest BCUT2D eigenvalue weighted by Crippen LogP contribution is 2.28. The Morgan fingerprint density at radius 2 is 2.47 bits per heavy atom. The number of likely N-dealkylation sites (N-methyl/N-ethyl adjacent to an activating group) is 1. The number of ether oxygens (including phenoxy) is 1. The Morgan fingerprint density at radius 3 is 3.20 bits per heavy atom. The second kappa shape index (κ2) is 4.43. The van der Waals surface area contributed by atoms with Crippen LogP contribution in [0.25, 0.3) is 0 Å². The van der Waals surface area contributed by atoms with E-state index < -0.39 is 0 Å². The second-order valence-corrected chi connectivity index (χ2v) is 3.65. The fraction of sp³-hybridized carbons (Fsp3) is 0.417. The average molecular weight is 202 g/mol. The van der Waals surface area contributed by atoms with Crippen molar-refractivity contribution < 1.29 is 4.74 Å². The van der Waals surface area contributed by atoms with Crippen molar-refractivity contribution in [1.29, 1.82) is 5.26 Å². The van der Waals surface area contributed by atoms with Crippen LogP contribution >= 0.6 is 0 Å². The van der Waals surface area contributed by atoms with Crippen LogP contribution in [0.15, 0.2) is 18.2 Å². The van der Waals surface area contributed by atoms with Gasteiger partial charge in [-0.15, -0.1) is 0 Å². The largest absolute Gasteiger partial charge is 0.372 e. The summed E-state index contributed by atoms with van der Waals surface area (Å²) in [6.07, 6.45) is 0.936. The molecular weight excluding hydrogens is 188 g/mol. The summed E-state index contributed by atoms with van der Waals surface area (Å²) < 4.78 is 5.67. The molecule has 15 heavy (non-hydrogen) atoms. The molecule has 0 saturated heterocycles. The van der Waals surface area contributed by atoms with Crippen LogP contribution in [0.3, 0.4) is 0 Å². The molecule has 1 heterocycles. The second-order valence-electron chi connectivity index (χ2n) is 3.65. The molecule has 0 amide bonds. The van der Waals surface area contributed by atoms with E-state index in [1.165, 1.54) is 0 Å². The van der Waals surface area contributed by atoms with Gasteiger partial charge in [0, 0.05) is 6.54 Å². The van der Waals surface area contributed by atoms with Crippen molar-refractivity contribution in [2.24, 2.45) is 0 Å². The van der Waals surface area contributed by atoms with Crippen LogP contribution in [0.1, 0.15) is 22.8 Å². The molecule has 0 saturated carbocycles. The molecule has 0 spiro atoms. The van der Waals surface area contributed by atoms with Crippen LogP contribution in [0.5, 0.6) is 0 Å². The summed E-state index contributed by atoms with van der Waals surface area (Å²) in [5, 5.41) is 12.1. The minimum absolute atomic E-state index is 0.0899. The first-order chi connectivity index (χ1) is 7.36. The fourth-order valence-electron chi connectivity index (χ4n) is 2.04. The fourth-order valence-corrected chi connectivity index (χ4v) is 2.04. The molecule has 2 rings (SSSR count). The number of nitriles is 1. The van der Waals surface area contributed by atoms with E-state index in [9.17, 15) is 0 Å². The lowest BCUT2D eigenvalue weighted by atomic mass is 9.93. The summed E-state index contributed by atoms with van der Waals surface area (Å²) in [4.78, 5) is 0. The van der Waals surface area contributed by atoms with Gasteiger partial charge in [-0.05, 0) is 30.7 Å². The van der Waals surface area contributed by atoms with Gasteiger partial charge in [-0.25, -0.2) is 0 Å². The summed E-state index contributed by atoms with van der Waals surface area (Å²) >= 11 is 0. The molecular formula is C12H14N2O. The Kier molecular flexibility index (Phi) is 3.00. The molecule has 0 bridgehead atoms. The molecule has 78 valence electrons. The standard InChI is InChI=1S/C12H14N2O/c1-14-8-12-11-4-2-3-9(7-13)10(11)5-6-15-12/h2-4,12,14H,5-6,8H2,1H3/t12-/m0/s1. The highest BCUT2D eigenvalue weighted by Gasteiger charge is 2.21. The van der Waals surface area contributed by atoms with Gasteiger partial charge in [0.05, 0.1) is 24.3 Å². The Balaban J connectivity index is 2.40. The molecule has 1 aromatic rings. The third-order valence-electron chi connectivity index (χ3n) is 2.74. The van der Waals surface area contributed by atoms with Gasteiger partial charge in [0.25, 0.3) is 0 Å². The Bertz CT molecular complexity index is 395. The molecule has 0 fully saturated rings. The maximum absolute atomic E-state index is 9.00. The van der Waals surface area contributed by atoms with Gasteiger partial charge in [-0.3, -0.25) is 0 Å². The van der Waals surface area contributed by atoms with Crippen molar-refractivity contribution in [3.63, 3.8) is 0 Å². The number of fused-ring (bicyclic) bond motifs is 1. The zero-order valence-electron chi connectivity index (χ0n) is 8.79. The minimum Gasteiger partial charge on any atom is -0.372 e. The van der Waals surface area contributed by atoms with Crippen molar-refractivity contribution in [3.05, 3.63) is 34.9 Å². The Hall–Kier alpha value is -1.37. The summed E-state index contributed by atoms with van der Waals surface area (Å²) in [6, 6.07) is 8.10. The molecule has 0 aromatic heterocycles. The number of hydrogen-bond acceptors (Lipinski definition) is 3. The van der Waals surface area contributed by atoms with Crippen LogP contribution in [0.2, 0.25) is 0 Å². The molecule has 0 radical (unpaired) electrons. The topological polar surface area (TPSA) is 45.0 Å². The summed E-state index contributed by atoms with van der Waals surface area (Å²) in [7, 11) is 1.91. The van der Waals surface area contributed by atoms with Gasteiger partial charge >= 0.3 is 0 Å². The molecule has 0 unspecified atom stereocenters. The zero-order chi connectivity index (χ0) is 10.7. The van der Waals surface area contributed by atoms with E-state index in [1.807, 2.05) is 19.2 Å². The van der Waals surface area contributed by atoms with E-state index in [2.05, 4.69) is 17.5 Å². The molecule has 1 N–H and O–H groups in total. The van der Waals surface area contributed by atoms with Crippen LogP contribution in [0, 0.1) is 11.3 Å². The van der Waals surface area contributed by atoms with Crippen LogP contribution in [-0.2, 0) is 11.2 Å². The average Bonchev–Trinajstić information content (AvgIpc) is 2.29. The van der Waals surface area contributed by atoms with E-state index in [0.29, 0.717) is 6.61 Å². The van der Waals surface area contributed by atoms with Crippen molar-refractivity contribution in [2.75, 3.05) is 20.2 Å². The van der Waals surface area contributed by atoms with Crippen molar-refractivity contribution in [1.82, 2.24) is 5.32 Å². The predicted octanol–water partition coefficient (Wildman–Crippen LogP) is 1.39. The first kappa shape index (κ1) is 10.2. The number of hydrogen-bond donors (Lipinski definition) is 1. The van der Waals surface area contributed by atoms with Gasteiger partial charge in [-0.2, -0.15) is 5.26 Å². The maximum Gasteiger partial charge on any atom is 0.0994 e. The van der Waals surface area contributed by atoms with Crippen molar-refractivity contribution >= 4 is 0 Å². The SMILES string of the molecule is CNC[C@@H]1OCCc2c(C#N)cccc21. The minimum atomic E-state index is 0.0899. The smallest absolute Gasteiger partial charge is 0.0994 e. The van der Waals surface area contributed by atoms with Gasteiger partial charge in [-0.1, -0.05) is 12.1 Å². The molecule has 3 heteroatoms. The lowest BCUT2D eigenvalue weighted by Crippen LogP contribution is -2.25. The quantitative estimate of drug-likeness (QED) is 0.788. The number of nitrogens with one attached hydrogen (secondary N) is 1. The number of benzene rings is 1. The van der Waals surface area contributed by atoms with E-state index >= 15 is 0 Å². The first-order valence-electron chi connectivity index (χ1n) is 5.15. The molecule has 3 nitrogen and oxygen atoms in total. The normalized spacial score (nSPS) is 19.3. The van der Waals surface area contributed by atoms with Crippen LogP contribution < -0.4 is 5.32 Å². The van der Waals surface area contributed by atoms with Crippen molar-refractivity contribution in [2.45, 2.75) is 12.5 Å². The Morgan fingerprint density at radius 1 is 1.60 bits per heavy atom. The van der Waals surface area contributed by atoms with Crippen molar-refractivity contribution in [3.8, 4) is 6.07 Å². The van der Waals surface area contributed by atoms with Gasteiger partial charge in [0.2, 0.25) is 0 Å². The number of rotatable bonds is 2. The molecule has 1 aliphatic rings. The lowest BCUT2D eigenvalue weighted by molar-refractivity contribution is 0.0438. The molecule has 1 aliphatic heterocycles. The Labute approximate surface area is 89.7 Å². The first-order valence-corrected chi connectivity index (χ1v) is 5.15. The van der Waals surface area contributed by atoms with Gasteiger partial charge in [0.15, 0.2) is 0 Å². The monoisotopic (exact) mass is 202 g/mol. The van der Waals surface area contributed by atoms with Crippen LogP contribution in [0.4, 0.5) is 0 Å². The third kappa shape index (κ3) is 1.87. The van der Waals surface area contributed by atoms with E-state index in [-0.39, 0.29) is 6.10 Å². The molecule has 1 atom stereocenters. The zero-order valence-corrected chi connectivity index (χ0v) is 8.79. The highest BCUT2D eigenvalue weighted by molar-refractivity contribution is 5.44. The highest BCUT2D eigenvalue weighted by atomic mass is 16.5. The molecule has 0 aliphatic carbocycles. The van der Waals surface area contributed by atoms with E-state index in [4.69, 9.17) is 10.00 Å². The predicted molar refractivity (Wildman–Crippen MR) is 57.5 cm³/mol. The maximum atomic E-state index is 9.00. The number of nitrogens with zero attached hydrogens (tertiary/aromatic N) is 1.